The number of para-hydroxylation sites is 4. The molecule has 0 atom stereocenters. The molecule has 0 aliphatic heterocycles. The van der Waals surface area contributed by atoms with E-state index in [0.717, 1.165) is 144 Å². The summed E-state index contributed by atoms with van der Waals surface area (Å²) in [6.07, 6.45) is 0. The fourth-order valence-electron chi connectivity index (χ4n) is 14.2. The van der Waals surface area contributed by atoms with Gasteiger partial charge in [0.2, 0.25) is 0 Å². The smallest absolute Gasteiger partial charge is 0.143 e. The first kappa shape index (κ1) is 51.3. The van der Waals surface area contributed by atoms with E-state index in [1.165, 1.54) is 32.7 Å². The lowest BCUT2D eigenvalue weighted by atomic mass is 9.93. The number of rotatable bonds is 10. The molecule has 0 amide bonds. The number of fused-ring (bicyclic) bond motifs is 13. The topological polar surface area (TPSA) is 32.8 Å². The van der Waals surface area contributed by atoms with Crippen molar-refractivity contribution < 1.29 is 8.83 Å². The summed E-state index contributed by atoms with van der Waals surface area (Å²) in [5.41, 5.74) is 18.9. The maximum atomic E-state index is 6.59. The molecule has 18 aromatic rings. The van der Waals surface area contributed by atoms with Crippen molar-refractivity contribution in [3.05, 3.63) is 328 Å². The van der Waals surface area contributed by atoms with Crippen LogP contribution in [-0.2, 0) is 0 Å². The lowest BCUT2D eigenvalue weighted by Crippen LogP contribution is -2.12. The minimum absolute atomic E-state index is 0.889. The average molecular weight is 1150 g/mol. The number of anilines is 6. The summed E-state index contributed by atoms with van der Waals surface area (Å²) in [5.74, 6) is 0. The van der Waals surface area contributed by atoms with Crippen LogP contribution in [0.3, 0.4) is 0 Å². The molecule has 2 aromatic heterocycles. The van der Waals surface area contributed by atoms with E-state index in [0.29, 0.717) is 0 Å². The Kier molecular flexibility index (Phi) is 11.9. The molecule has 18 rings (SSSR count). The summed E-state index contributed by atoms with van der Waals surface area (Å²) in [6, 6.07) is 119. The average Bonchev–Trinajstić information content (AvgIpc) is 1.19. The van der Waals surface area contributed by atoms with Crippen LogP contribution in [0, 0.1) is 0 Å². The van der Waals surface area contributed by atoms with Gasteiger partial charge in [0.25, 0.3) is 0 Å². The summed E-state index contributed by atoms with van der Waals surface area (Å²) in [4.78, 5) is 4.89. The van der Waals surface area contributed by atoms with Crippen molar-refractivity contribution in [2.24, 2.45) is 0 Å². The number of hydrogen-bond acceptors (Lipinski definition) is 4. The first-order chi connectivity index (χ1) is 44.6. The Hall–Kier alpha value is -12.0. The second-order valence-electron chi connectivity index (χ2n) is 23.5. The third kappa shape index (κ3) is 8.38. The van der Waals surface area contributed by atoms with Crippen LogP contribution in [-0.4, -0.2) is 0 Å². The first-order valence-corrected chi connectivity index (χ1v) is 30.8. The number of furan rings is 2. The zero-order valence-corrected chi connectivity index (χ0v) is 48.9. The fourth-order valence-corrected chi connectivity index (χ4v) is 14.2. The monoisotopic (exact) mass is 1150 g/mol. The van der Waals surface area contributed by atoms with Crippen LogP contribution in [0.1, 0.15) is 0 Å². The summed E-state index contributed by atoms with van der Waals surface area (Å²) in [7, 11) is 0. The van der Waals surface area contributed by atoms with Gasteiger partial charge in [0.05, 0.1) is 11.4 Å². The molecule has 0 aliphatic rings. The van der Waals surface area contributed by atoms with E-state index < -0.39 is 0 Å². The highest BCUT2D eigenvalue weighted by atomic mass is 16.3. The molecule has 0 spiro atoms. The Bertz CT molecular complexity index is 5470. The van der Waals surface area contributed by atoms with Gasteiger partial charge in [0, 0.05) is 66.2 Å². The van der Waals surface area contributed by atoms with Gasteiger partial charge in [-0.3, -0.25) is 0 Å². The number of hydrogen-bond donors (Lipinski definition) is 0. The van der Waals surface area contributed by atoms with E-state index in [4.69, 9.17) is 8.83 Å². The minimum atomic E-state index is 0.889. The molecule has 0 radical (unpaired) electrons. The fraction of sp³-hybridized carbons (Fsp3) is 0. The highest BCUT2D eigenvalue weighted by molar-refractivity contribution is 6.25. The maximum absolute atomic E-state index is 6.59. The van der Waals surface area contributed by atoms with Crippen molar-refractivity contribution in [3.8, 4) is 44.5 Å². The molecule has 0 saturated heterocycles. The lowest BCUT2D eigenvalue weighted by molar-refractivity contribution is 0.669. The largest absolute Gasteiger partial charge is 0.455 e. The molecule has 2 heterocycles. The molecule has 0 saturated carbocycles. The molecule has 4 nitrogen and oxygen atoms in total. The molecular formula is C86H54N2O2. The molecule has 0 N–H and O–H groups in total. The van der Waals surface area contributed by atoms with Crippen molar-refractivity contribution in [3.63, 3.8) is 0 Å². The van der Waals surface area contributed by atoms with Gasteiger partial charge in [-0.15, -0.1) is 0 Å². The van der Waals surface area contributed by atoms with Crippen LogP contribution < -0.4 is 9.80 Å². The zero-order chi connectivity index (χ0) is 59.2. The molecule has 0 bridgehead atoms. The third-order valence-corrected chi connectivity index (χ3v) is 18.5. The zero-order valence-electron chi connectivity index (χ0n) is 48.9. The van der Waals surface area contributed by atoms with E-state index in [1.807, 2.05) is 12.1 Å². The summed E-state index contributed by atoms with van der Waals surface area (Å²) < 4.78 is 13.2. The van der Waals surface area contributed by atoms with Crippen molar-refractivity contribution in [1.29, 1.82) is 0 Å². The van der Waals surface area contributed by atoms with E-state index >= 15 is 0 Å². The van der Waals surface area contributed by atoms with Gasteiger partial charge >= 0.3 is 0 Å². The SMILES string of the molecule is c1ccc2c(-c3ccc(N(c4ccc(-c5cccc6c5oc5ccccc56)cc4)c4cc5c6ccccc6c(N(c6ccc(-c7cccc8ccccc78)cc6)c6ccc(-c7cccc8c7oc7ccccc78)cc6)cc5c5ccccc45)cc3)cccc2c1. The lowest BCUT2D eigenvalue weighted by Gasteiger charge is -2.30. The molecule has 420 valence electrons. The normalized spacial score (nSPS) is 11.8. The molecule has 16 aromatic carbocycles. The Morgan fingerprint density at radius 2 is 0.467 bits per heavy atom. The van der Waals surface area contributed by atoms with Gasteiger partial charge in [-0.2, -0.15) is 0 Å². The molecule has 0 unspecified atom stereocenters. The van der Waals surface area contributed by atoms with Gasteiger partial charge in [0.1, 0.15) is 22.3 Å². The Morgan fingerprint density at radius 1 is 0.189 bits per heavy atom. The summed E-state index contributed by atoms with van der Waals surface area (Å²) in [6.45, 7) is 0. The first-order valence-electron chi connectivity index (χ1n) is 30.8. The molecule has 0 aliphatic carbocycles. The summed E-state index contributed by atoms with van der Waals surface area (Å²) >= 11 is 0. The van der Waals surface area contributed by atoms with E-state index in [-0.39, 0.29) is 0 Å². The van der Waals surface area contributed by atoms with Crippen LogP contribution in [0.5, 0.6) is 0 Å². The van der Waals surface area contributed by atoms with Crippen molar-refractivity contribution in [1.82, 2.24) is 0 Å². The van der Waals surface area contributed by atoms with Gasteiger partial charge in [-0.1, -0.05) is 255 Å². The van der Waals surface area contributed by atoms with Crippen LogP contribution in [0.2, 0.25) is 0 Å². The summed E-state index contributed by atoms with van der Waals surface area (Å²) in [5, 5.41) is 16.3. The van der Waals surface area contributed by atoms with Crippen LogP contribution in [0.25, 0.3) is 142 Å². The minimum Gasteiger partial charge on any atom is -0.455 e. The van der Waals surface area contributed by atoms with Crippen molar-refractivity contribution >= 4 is 132 Å². The van der Waals surface area contributed by atoms with Gasteiger partial charge < -0.3 is 18.6 Å². The van der Waals surface area contributed by atoms with Crippen LogP contribution >= 0.6 is 0 Å². The second kappa shape index (κ2) is 20.9. The Balaban J connectivity index is 0.821. The quantitative estimate of drug-likeness (QED) is 0.128. The maximum Gasteiger partial charge on any atom is 0.143 e. The number of nitrogens with zero attached hydrogens (tertiary/aromatic N) is 2. The highest BCUT2D eigenvalue weighted by Crippen LogP contribution is 2.50. The van der Waals surface area contributed by atoms with E-state index in [2.05, 4.69) is 325 Å². The van der Waals surface area contributed by atoms with Crippen molar-refractivity contribution in [2.45, 2.75) is 0 Å². The standard InChI is InChI=1S/C86H54N2O2/c1-3-21-65-55(17-1)19-13-29-67(65)57-37-45-61(46-38-57)87(63-49-41-59(42-50-63)69-31-15-33-77-75-27-9-11-35-83(75)89-85(69)77)81-53-79-72-24-6-8-26-74(72)82(54-80(79)71-23-5-7-25-73(71)81)88(62-47-39-58(40-48-62)68-30-14-20-56-18-2-4-22-66(56)68)64-51-43-60(44-52-64)70-32-16-34-78-76-28-10-12-36-84(76)90-86(70)78/h1-54H. The van der Waals surface area contributed by atoms with Crippen molar-refractivity contribution in [2.75, 3.05) is 9.80 Å². The highest BCUT2D eigenvalue weighted by Gasteiger charge is 2.24. The molecule has 0 fully saturated rings. The van der Waals surface area contributed by atoms with Crippen LogP contribution in [0.4, 0.5) is 34.1 Å². The predicted molar refractivity (Wildman–Crippen MR) is 380 cm³/mol. The molecule has 90 heavy (non-hydrogen) atoms. The van der Waals surface area contributed by atoms with Gasteiger partial charge in [-0.25, -0.2) is 0 Å². The van der Waals surface area contributed by atoms with Gasteiger partial charge in [-0.05, 0) is 149 Å². The molecular weight excluding hydrogens is 1090 g/mol. The molecule has 4 heteroatoms. The van der Waals surface area contributed by atoms with E-state index in [9.17, 15) is 0 Å². The Morgan fingerprint density at radius 3 is 0.856 bits per heavy atom. The number of benzene rings is 16. The third-order valence-electron chi connectivity index (χ3n) is 18.5. The van der Waals surface area contributed by atoms with Gasteiger partial charge in [0.15, 0.2) is 0 Å². The predicted octanol–water partition coefficient (Wildman–Crippen LogP) is 24.9. The Labute approximate surface area is 519 Å². The second-order valence-corrected chi connectivity index (χ2v) is 23.5. The van der Waals surface area contributed by atoms with Crippen LogP contribution in [0.15, 0.2) is 336 Å². The van der Waals surface area contributed by atoms with E-state index in [1.54, 1.807) is 0 Å².